The number of halogens is 1. The summed E-state index contributed by atoms with van der Waals surface area (Å²) in [5.74, 6) is 0.556. The van der Waals surface area contributed by atoms with E-state index in [9.17, 15) is 13.2 Å². The van der Waals surface area contributed by atoms with Crippen LogP contribution in [0.1, 0.15) is 20.8 Å². The van der Waals surface area contributed by atoms with Gasteiger partial charge in [0.2, 0.25) is 10.0 Å². The fraction of sp³-hybridized carbons (Fsp3) is 0.227. The Balaban J connectivity index is 1.57. The van der Waals surface area contributed by atoms with Crippen LogP contribution in [0, 0.1) is 6.92 Å². The molecule has 1 amide bonds. The second-order valence-electron chi connectivity index (χ2n) is 7.43. The number of carbonyl (C=O) groups is 1. The van der Waals surface area contributed by atoms with Gasteiger partial charge in [0.25, 0.3) is 5.91 Å². The predicted octanol–water partition coefficient (Wildman–Crippen LogP) is 4.15. The highest BCUT2D eigenvalue weighted by atomic mass is 35.5. The van der Waals surface area contributed by atoms with Crippen molar-refractivity contribution in [2.75, 3.05) is 30.8 Å². The van der Waals surface area contributed by atoms with Crippen molar-refractivity contribution in [1.29, 1.82) is 0 Å². The Hall–Kier alpha value is -2.59. The van der Waals surface area contributed by atoms with E-state index in [-0.39, 0.29) is 23.0 Å². The molecule has 0 fully saturated rings. The van der Waals surface area contributed by atoms with Gasteiger partial charge in [0.15, 0.2) is 0 Å². The van der Waals surface area contributed by atoms with E-state index in [1.54, 1.807) is 4.90 Å². The lowest BCUT2D eigenvalue weighted by Gasteiger charge is -2.29. The van der Waals surface area contributed by atoms with Crippen molar-refractivity contribution in [3.8, 4) is 5.75 Å². The van der Waals surface area contributed by atoms with Crippen LogP contribution in [0.4, 0.5) is 11.4 Å². The maximum absolute atomic E-state index is 13.3. The molecule has 0 spiro atoms. The van der Waals surface area contributed by atoms with Crippen LogP contribution >= 0.6 is 22.9 Å². The molecule has 10 heteroatoms. The number of hydrogen-bond donors (Lipinski definition) is 1. The number of benzene rings is 2. The third kappa shape index (κ3) is 4.09. The lowest BCUT2D eigenvalue weighted by molar-refractivity contribution is 0.0980. The molecule has 0 bridgehead atoms. The zero-order chi connectivity index (χ0) is 23.0. The molecule has 1 aliphatic heterocycles. The van der Waals surface area contributed by atoms with Crippen LogP contribution in [0.25, 0.3) is 0 Å². The molecule has 0 aliphatic carbocycles. The minimum Gasteiger partial charge on any atom is -0.490 e. The highest BCUT2D eigenvalue weighted by Gasteiger charge is 2.28. The highest BCUT2D eigenvalue weighted by molar-refractivity contribution is 7.89. The third-order valence-electron chi connectivity index (χ3n) is 5.38. The van der Waals surface area contributed by atoms with Crippen LogP contribution in [0.3, 0.4) is 0 Å². The molecule has 2 N–H and O–H groups in total. The standard InChI is InChI=1S/C22H22ClN3O4S2/c1-14-15(12-25(2)32(28,29)16-7-8-17(23)18(24)11-16)13-31-21(14)22(27)26-9-10-30-20-6-4-3-5-19(20)26/h3-8,11,13H,9-10,12,24H2,1-2H3. The van der Waals surface area contributed by atoms with Crippen molar-refractivity contribution in [3.05, 3.63) is 68.9 Å². The molecule has 7 nitrogen and oxygen atoms in total. The Bertz CT molecular complexity index is 1290. The van der Waals surface area contributed by atoms with Crippen LogP contribution < -0.4 is 15.4 Å². The maximum Gasteiger partial charge on any atom is 0.268 e. The van der Waals surface area contributed by atoms with Gasteiger partial charge in [-0.3, -0.25) is 4.79 Å². The van der Waals surface area contributed by atoms with Crippen molar-refractivity contribution < 1.29 is 17.9 Å². The summed E-state index contributed by atoms with van der Waals surface area (Å²) >= 11 is 7.23. The molecule has 0 atom stereocenters. The van der Waals surface area contributed by atoms with Crippen molar-refractivity contribution in [3.63, 3.8) is 0 Å². The Kier molecular flexibility index (Phi) is 6.17. The summed E-state index contributed by atoms with van der Waals surface area (Å²) in [6, 6.07) is 11.7. The van der Waals surface area contributed by atoms with Gasteiger partial charge in [0.05, 0.1) is 32.7 Å². The molecule has 1 aromatic heterocycles. The second kappa shape index (κ2) is 8.74. The zero-order valence-corrected chi connectivity index (χ0v) is 19.9. The number of amides is 1. The number of fused-ring (bicyclic) bond motifs is 1. The fourth-order valence-electron chi connectivity index (χ4n) is 3.51. The Morgan fingerprint density at radius 2 is 2.03 bits per heavy atom. The largest absolute Gasteiger partial charge is 0.490 e. The van der Waals surface area contributed by atoms with Gasteiger partial charge in [-0.25, -0.2) is 8.42 Å². The number of ether oxygens (including phenoxy) is 1. The summed E-state index contributed by atoms with van der Waals surface area (Å²) in [4.78, 5) is 15.6. The van der Waals surface area contributed by atoms with Gasteiger partial charge in [-0.1, -0.05) is 23.7 Å². The summed E-state index contributed by atoms with van der Waals surface area (Å²) in [5.41, 5.74) is 8.24. The van der Waals surface area contributed by atoms with E-state index in [1.807, 2.05) is 36.6 Å². The van der Waals surface area contributed by atoms with E-state index in [0.717, 1.165) is 16.8 Å². The van der Waals surface area contributed by atoms with Crippen LogP contribution in [0.15, 0.2) is 52.7 Å². The molecule has 3 aromatic rings. The number of nitrogen functional groups attached to an aromatic ring is 1. The number of nitrogens with two attached hydrogens (primary N) is 1. The second-order valence-corrected chi connectivity index (χ2v) is 10.8. The van der Waals surface area contributed by atoms with E-state index in [2.05, 4.69) is 0 Å². The van der Waals surface area contributed by atoms with E-state index >= 15 is 0 Å². The number of para-hydroxylation sites is 2. The van der Waals surface area contributed by atoms with Crippen LogP contribution in [0.5, 0.6) is 5.75 Å². The quantitative estimate of drug-likeness (QED) is 0.541. The van der Waals surface area contributed by atoms with E-state index in [0.29, 0.717) is 28.8 Å². The summed E-state index contributed by atoms with van der Waals surface area (Å²) in [7, 11) is -2.28. The minimum absolute atomic E-state index is 0.0657. The average Bonchev–Trinajstić information content (AvgIpc) is 3.14. The molecule has 168 valence electrons. The lowest BCUT2D eigenvalue weighted by atomic mass is 10.1. The summed E-state index contributed by atoms with van der Waals surface area (Å²) in [5, 5.41) is 2.13. The molecule has 2 aromatic carbocycles. The van der Waals surface area contributed by atoms with E-state index in [4.69, 9.17) is 22.1 Å². The van der Waals surface area contributed by atoms with E-state index < -0.39 is 10.0 Å². The topological polar surface area (TPSA) is 92.9 Å². The van der Waals surface area contributed by atoms with Crippen molar-refractivity contribution in [1.82, 2.24) is 4.31 Å². The SMILES string of the molecule is Cc1c(CN(C)S(=O)(=O)c2ccc(Cl)c(N)c2)csc1C(=O)N1CCOc2ccccc21. The van der Waals surface area contributed by atoms with Gasteiger partial charge in [-0.2, -0.15) is 4.31 Å². The number of hydrogen-bond acceptors (Lipinski definition) is 6. The first kappa shape index (κ1) is 22.6. The van der Waals surface area contributed by atoms with Crippen molar-refractivity contribution in [2.24, 2.45) is 0 Å². The van der Waals surface area contributed by atoms with Crippen LogP contribution in [0.2, 0.25) is 5.02 Å². The molecular formula is C22H22ClN3O4S2. The maximum atomic E-state index is 13.3. The van der Waals surface area contributed by atoms with Gasteiger partial charge in [0, 0.05) is 13.6 Å². The molecule has 32 heavy (non-hydrogen) atoms. The highest BCUT2D eigenvalue weighted by Crippen LogP contribution is 2.34. The van der Waals surface area contributed by atoms with Crippen LogP contribution in [-0.2, 0) is 16.6 Å². The number of nitrogens with zero attached hydrogens (tertiary/aromatic N) is 2. The Morgan fingerprint density at radius 3 is 2.78 bits per heavy atom. The summed E-state index contributed by atoms with van der Waals surface area (Å²) < 4.78 is 32.8. The molecule has 0 saturated heterocycles. The van der Waals surface area contributed by atoms with Gasteiger partial charge >= 0.3 is 0 Å². The Labute approximate surface area is 196 Å². The predicted molar refractivity (Wildman–Crippen MR) is 127 cm³/mol. The van der Waals surface area contributed by atoms with Crippen LogP contribution in [-0.4, -0.2) is 38.8 Å². The molecular weight excluding hydrogens is 470 g/mol. The minimum atomic E-state index is -3.78. The average molecular weight is 492 g/mol. The smallest absolute Gasteiger partial charge is 0.268 e. The zero-order valence-electron chi connectivity index (χ0n) is 17.5. The van der Waals surface area contributed by atoms with Gasteiger partial charge < -0.3 is 15.4 Å². The molecule has 0 saturated carbocycles. The Morgan fingerprint density at radius 1 is 1.28 bits per heavy atom. The summed E-state index contributed by atoms with van der Waals surface area (Å²) in [6.07, 6.45) is 0. The number of anilines is 2. The first-order chi connectivity index (χ1) is 15.2. The number of thiophene rings is 1. The molecule has 4 rings (SSSR count). The molecule has 0 unspecified atom stereocenters. The summed E-state index contributed by atoms with van der Waals surface area (Å²) in [6.45, 7) is 2.84. The molecule has 2 heterocycles. The number of sulfonamides is 1. The fourth-order valence-corrected chi connectivity index (χ4v) is 5.84. The number of carbonyl (C=O) groups excluding carboxylic acids is 1. The first-order valence-electron chi connectivity index (χ1n) is 9.82. The van der Waals surface area contributed by atoms with Crippen molar-refractivity contribution >= 4 is 50.2 Å². The third-order valence-corrected chi connectivity index (χ3v) is 8.64. The van der Waals surface area contributed by atoms with E-state index in [1.165, 1.54) is 40.9 Å². The molecule has 0 radical (unpaired) electrons. The van der Waals surface area contributed by atoms with Crippen molar-refractivity contribution in [2.45, 2.75) is 18.4 Å². The molecule has 1 aliphatic rings. The first-order valence-corrected chi connectivity index (χ1v) is 12.5. The number of rotatable bonds is 5. The monoisotopic (exact) mass is 491 g/mol. The van der Waals surface area contributed by atoms with Gasteiger partial charge in [-0.15, -0.1) is 11.3 Å². The van der Waals surface area contributed by atoms with Gasteiger partial charge in [0.1, 0.15) is 12.4 Å². The van der Waals surface area contributed by atoms with Gasteiger partial charge in [-0.05, 0) is 53.8 Å². The normalized spacial score (nSPS) is 13.7. The lowest BCUT2D eigenvalue weighted by Crippen LogP contribution is -2.37.